The summed E-state index contributed by atoms with van der Waals surface area (Å²) in [6, 6.07) is 3.02. The first-order valence-corrected chi connectivity index (χ1v) is 6.79. The molecule has 86 valence electrons. The van der Waals surface area contributed by atoms with E-state index in [4.69, 9.17) is 17.3 Å². The Labute approximate surface area is 95.2 Å². The maximum Gasteiger partial charge on any atom is 0.155 e. The SMILES string of the molecule is CN(C)[SH](C)(=O)c1c(Cl)ccc(N)c1O. The van der Waals surface area contributed by atoms with E-state index in [0.717, 1.165) is 0 Å². The minimum atomic E-state index is -2.85. The molecule has 0 heterocycles. The standard InChI is InChI=1S/C9H15ClN2O2S/c1-12(2)15(3,14)9-6(10)4-5-7(11)8(9)13/h4-5,13,15H,11H2,1-3H3. The number of anilines is 1. The smallest absolute Gasteiger partial charge is 0.155 e. The molecule has 0 amide bonds. The highest BCUT2D eigenvalue weighted by Gasteiger charge is 2.23. The average Bonchev–Trinajstić information content (AvgIpc) is 2.11. The minimum Gasteiger partial charge on any atom is -0.505 e. The molecule has 0 radical (unpaired) electrons. The van der Waals surface area contributed by atoms with Crippen molar-refractivity contribution in [3.05, 3.63) is 17.2 Å². The van der Waals surface area contributed by atoms with Gasteiger partial charge in [-0.05, 0) is 36.3 Å². The van der Waals surface area contributed by atoms with E-state index in [1.165, 1.54) is 22.7 Å². The molecule has 0 saturated carbocycles. The molecule has 0 spiro atoms. The van der Waals surface area contributed by atoms with Crippen LogP contribution in [-0.2, 0) is 10.1 Å². The van der Waals surface area contributed by atoms with Crippen LogP contribution in [0.2, 0.25) is 5.02 Å². The molecule has 0 fully saturated rings. The van der Waals surface area contributed by atoms with Crippen molar-refractivity contribution in [2.45, 2.75) is 4.90 Å². The molecule has 0 aromatic heterocycles. The van der Waals surface area contributed by atoms with Crippen LogP contribution in [0.4, 0.5) is 5.69 Å². The molecular formula is C9H15ClN2O2S. The number of phenolic OH excluding ortho intramolecular Hbond substituents is 1. The molecule has 3 N–H and O–H groups in total. The monoisotopic (exact) mass is 250 g/mol. The molecule has 0 atom stereocenters. The maximum absolute atomic E-state index is 12.3. The van der Waals surface area contributed by atoms with Crippen molar-refractivity contribution in [3.63, 3.8) is 0 Å². The van der Waals surface area contributed by atoms with E-state index in [-0.39, 0.29) is 21.4 Å². The number of phenols is 1. The number of hydrogen-bond acceptors (Lipinski definition) is 3. The zero-order valence-electron chi connectivity index (χ0n) is 8.86. The van der Waals surface area contributed by atoms with Crippen LogP contribution in [0.1, 0.15) is 0 Å². The lowest BCUT2D eigenvalue weighted by atomic mass is 10.3. The predicted octanol–water partition coefficient (Wildman–Crippen LogP) is 1.11. The van der Waals surface area contributed by atoms with Gasteiger partial charge in [0.2, 0.25) is 0 Å². The summed E-state index contributed by atoms with van der Waals surface area (Å²) in [6.45, 7) is 0. The molecule has 1 aromatic carbocycles. The number of aromatic hydroxyl groups is 1. The molecule has 0 saturated heterocycles. The first kappa shape index (κ1) is 12.3. The second-order valence-electron chi connectivity index (χ2n) is 3.56. The van der Waals surface area contributed by atoms with Crippen LogP contribution < -0.4 is 5.73 Å². The zero-order chi connectivity index (χ0) is 11.8. The summed E-state index contributed by atoms with van der Waals surface area (Å²) in [6.07, 6.45) is 1.54. The predicted molar refractivity (Wildman–Crippen MR) is 64.9 cm³/mol. The molecule has 0 aliphatic carbocycles. The van der Waals surface area contributed by atoms with Gasteiger partial charge >= 0.3 is 0 Å². The van der Waals surface area contributed by atoms with Gasteiger partial charge < -0.3 is 10.8 Å². The van der Waals surface area contributed by atoms with Gasteiger partial charge in [-0.25, -0.2) is 4.31 Å². The van der Waals surface area contributed by atoms with Crippen LogP contribution in [-0.4, -0.2) is 34.0 Å². The second-order valence-corrected chi connectivity index (χ2v) is 6.97. The summed E-state index contributed by atoms with van der Waals surface area (Å²) in [5, 5.41) is 10.0. The average molecular weight is 251 g/mol. The van der Waals surface area contributed by atoms with E-state index in [2.05, 4.69) is 0 Å². The van der Waals surface area contributed by atoms with Gasteiger partial charge in [-0.1, -0.05) is 11.6 Å². The van der Waals surface area contributed by atoms with E-state index >= 15 is 0 Å². The number of rotatable bonds is 2. The molecule has 0 unspecified atom stereocenters. The Bertz CT molecular complexity index is 434. The van der Waals surface area contributed by atoms with Crippen molar-refractivity contribution in [2.75, 3.05) is 26.1 Å². The van der Waals surface area contributed by atoms with E-state index in [0.29, 0.717) is 0 Å². The fourth-order valence-electron chi connectivity index (χ4n) is 1.17. The maximum atomic E-state index is 12.3. The summed E-state index contributed by atoms with van der Waals surface area (Å²) in [4.78, 5) is 0.217. The van der Waals surface area contributed by atoms with Gasteiger partial charge in [0.25, 0.3) is 0 Å². The van der Waals surface area contributed by atoms with Crippen LogP contribution >= 0.6 is 11.6 Å². The summed E-state index contributed by atoms with van der Waals surface area (Å²) >= 11 is 5.92. The number of halogens is 1. The van der Waals surface area contributed by atoms with Crippen molar-refractivity contribution in [1.29, 1.82) is 0 Å². The number of thiol groups is 1. The molecule has 6 heteroatoms. The van der Waals surface area contributed by atoms with Crippen molar-refractivity contribution in [3.8, 4) is 5.75 Å². The Morgan fingerprint density at radius 2 is 2.00 bits per heavy atom. The number of benzene rings is 1. The van der Waals surface area contributed by atoms with Crippen molar-refractivity contribution >= 4 is 27.4 Å². The lowest BCUT2D eigenvalue weighted by molar-refractivity contribution is 0.461. The summed E-state index contributed by atoms with van der Waals surface area (Å²) < 4.78 is 13.9. The number of nitrogens with two attached hydrogens (primary N) is 1. The Morgan fingerprint density at radius 1 is 1.47 bits per heavy atom. The third kappa shape index (κ3) is 2.09. The van der Waals surface area contributed by atoms with E-state index < -0.39 is 10.1 Å². The molecule has 1 rings (SSSR count). The first-order chi connectivity index (χ1) is 6.78. The van der Waals surface area contributed by atoms with Crippen molar-refractivity contribution < 1.29 is 9.32 Å². The minimum absolute atomic E-state index is 0.179. The summed E-state index contributed by atoms with van der Waals surface area (Å²) in [5.41, 5.74) is 5.72. The molecule has 4 nitrogen and oxygen atoms in total. The van der Waals surface area contributed by atoms with E-state index in [1.54, 1.807) is 14.1 Å². The van der Waals surface area contributed by atoms with Crippen LogP contribution in [0.5, 0.6) is 5.75 Å². The second kappa shape index (κ2) is 4.00. The van der Waals surface area contributed by atoms with Crippen LogP contribution in [0.15, 0.2) is 17.0 Å². The van der Waals surface area contributed by atoms with E-state index in [1.807, 2.05) is 0 Å². The normalized spacial score (nSPS) is 13.1. The molecule has 0 bridgehead atoms. The van der Waals surface area contributed by atoms with Gasteiger partial charge in [-0.3, -0.25) is 4.21 Å². The van der Waals surface area contributed by atoms with Crippen LogP contribution in [0.25, 0.3) is 0 Å². The third-order valence-corrected chi connectivity index (χ3v) is 5.57. The quantitative estimate of drug-likeness (QED) is 0.419. The van der Waals surface area contributed by atoms with Gasteiger partial charge in [-0.15, -0.1) is 0 Å². The Kier molecular flexibility index (Phi) is 3.28. The lowest BCUT2D eigenvalue weighted by Gasteiger charge is -2.28. The highest BCUT2D eigenvalue weighted by atomic mass is 35.5. The summed E-state index contributed by atoms with van der Waals surface area (Å²) in [7, 11) is 0.485. The number of nitrogen functional groups attached to an aromatic ring is 1. The van der Waals surface area contributed by atoms with Gasteiger partial charge in [0.05, 0.1) is 15.6 Å². The van der Waals surface area contributed by atoms with Crippen molar-refractivity contribution in [1.82, 2.24) is 4.31 Å². The molecule has 0 aliphatic heterocycles. The largest absolute Gasteiger partial charge is 0.505 e. The fourth-order valence-corrected chi connectivity index (χ4v) is 3.18. The number of hydrogen-bond donors (Lipinski definition) is 3. The topological polar surface area (TPSA) is 66.6 Å². The van der Waals surface area contributed by atoms with Crippen molar-refractivity contribution in [2.24, 2.45) is 0 Å². The van der Waals surface area contributed by atoms with Gasteiger partial charge in [-0.2, -0.15) is 0 Å². The van der Waals surface area contributed by atoms with Gasteiger partial charge in [0, 0.05) is 6.26 Å². The fraction of sp³-hybridized carbons (Fsp3) is 0.333. The third-order valence-electron chi connectivity index (χ3n) is 2.31. The molecule has 1 aromatic rings. The summed E-state index contributed by atoms with van der Waals surface area (Å²) in [5.74, 6) is -0.193. The Morgan fingerprint density at radius 3 is 2.47 bits per heavy atom. The number of nitrogens with zero attached hydrogens (tertiary/aromatic N) is 1. The highest BCUT2D eigenvalue weighted by Crippen LogP contribution is 2.38. The highest BCUT2D eigenvalue weighted by molar-refractivity contribution is 8.00. The van der Waals surface area contributed by atoms with Gasteiger partial charge in [0.1, 0.15) is 0 Å². The molecular weight excluding hydrogens is 236 g/mol. The van der Waals surface area contributed by atoms with Gasteiger partial charge in [0.15, 0.2) is 5.75 Å². The van der Waals surface area contributed by atoms with Crippen LogP contribution in [0, 0.1) is 0 Å². The lowest BCUT2D eigenvalue weighted by Crippen LogP contribution is -2.29. The molecule has 0 aliphatic rings. The first-order valence-electron chi connectivity index (χ1n) is 4.31. The Hall–Kier alpha value is -0.780. The van der Waals surface area contributed by atoms with E-state index in [9.17, 15) is 9.32 Å². The van der Waals surface area contributed by atoms with Crippen LogP contribution in [0.3, 0.4) is 0 Å². The molecule has 15 heavy (non-hydrogen) atoms. The zero-order valence-corrected chi connectivity index (χ0v) is 10.5. The Balaban J connectivity index is 3.50.